The van der Waals surface area contributed by atoms with Crippen LogP contribution in [0.1, 0.15) is 52.9 Å². The number of carbonyl (C=O) groups is 2. The van der Waals surface area contributed by atoms with Gasteiger partial charge in [-0.3, -0.25) is 4.79 Å². The van der Waals surface area contributed by atoms with Crippen molar-refractivity contribution >= 4 is 12.0 Å². The van der Waals surface area contributed by atoms with Crippen molar-refractivity contribution in [3.05, 3.63) is 30.3 Å². The molecule has 0 spiro atoms. The summed E-state index contributed by atoms with van der Waals surface area (Å²) in [6.07, 6.45) is 4.15. The van der Waals surface area contributed by atoms with E-state index in [-0.39, 0.29) is 12.0 Å². The molecule has 6 nitrogen and oxygen atoms in total. The van der Waals surface area contributed by atoms with Crippen molar-refractivity contribution in [2.45, 2.75) is 64.1 Å². The van der Waals surface area contributed by atoms with Crippen LogP contribution in [0.15, 0.2) is 30.3 Å². The third kappa shape index (κ3) is 5.18. The van der Waals surface area contributed by atoms with Crippen LogP contribution in [-0.2, 0) is 9.53 Å². The maximum absolute atomic E-state index is 13.1. The maximum atomic E-state index is 13.1. The first-order chi connectivity index (χ1) is 13.3. The number of para-hydroxylation sites is 1. The van der Waals surface area contributed by atoms with Gasteiger partial charge in [0.1, 0.15) is 11.4 Å². The van der Waals surface area contributed by atoms with Gasteiger partial charge in [0, 0.05) is 32.5 Å². The van der Waals surface area contributed by atoms with E-state index in [0.29, 0.717) is 44.1 Å². The fraction of sp³-hybridized carbons (Fsp3) is 0.636. The van der Waals surface area contributed by atoms with Crippen molar-refractivity contribution in [3.63, 3.8) is 0 Å². The van der Waals surface area contributed by atoms with Crippen LogP contribution in [0.3, 0.4) is 0 Å². The van der Waals surface area contributed by atoms with Gasteiger partial charge in [-0.05, 0) is 51.7 Å². The summed E-state index contributed by atoms with van der Waals surface area (Å²) in [5.41, 5.74) is -1.49. The predicted octanol–water partition coefficient (Wildman–Crippen LogP) is 3.75. The summed E-state index contributed by atoms with van der Waals surface area (Å²) in [5, 5.41) is 3.10. The van der Waals surface area contributed by atoms with Crippen LogP contribution in [0.2, 0.25) is 0 Å². The van der Waals surface area contributed by atoms with Gasteiger partial charge in [0.15, 0.2) is 5.60 Å². The predicted molar refractivity (Wildman–Crippen MR) is 107 cm³/mol. The number of nitrogens with one attached hydrogen (secondary N) is 1. The van der Waals surface area contributed by atoms with Crippen molar-refractivity contribution in [2.24, 2.45) is 5.92 Å². The molecule has 154 valence electrons. The lowest BCUT2D eigenvalue weighted by Gasteiger charge is -2.41. The van der Waals surface area contributed by atoms with E-state index in [4.69, 9.17) is 9.47 Å². The highest BCUT2D eigenvalue weighted by Crippen LogP contribution is 2.31. The Kier molecular flexibility index (Phi) is 6.16. The summed E-state index contributed by atoms with van der Waals surface area (Å²) >= 11 is 0. The van der Waals surface area contributed by atoms with Crippen LogP contribution < -0.4 is 10.1 Å². The molecule has 3 rings (SSSR count). The minimum atomic E-state index is -0.955. The number of piperidine rings is 1. The SMILES string of the molecule is CC(C)(C)OC(=O)N1CCC(Oc2ccccc2)(C(=O)NCC2CCC2)CC1. The van der Waals surface area contributed by atoms with Gasteiger partial charge in [-0.1, -0.05) is 24.6 Å². The molecule has 2 aliphatic rings. The quantitative estimate of drug-likeness (QED) is 0.834. The Hall–Kier alpha value is -2.24. The van der Waals surface area contributed by atoms with Crippen molar-refractivity contribution in [2.75, 3.05) is 19.6 Å². The van der Waals surface area contributed by atoms with E-state index in [1.807, 2.05) is 51.1 Å². The van der Waals surface area contributed by atoms with Crippen molar-refractivity contribution in [1.82, 2.24) is 10.2 Å². The highest BCUT2D eigenvalue weighted by Gasteiger charge is 2.45. The minimum Gasteiger partial charge on any atom is -0.477 e. The first-order valence-electron chi connectivity index (χ1n) is 10.3. The Balaban J connectivity index is 1.67. The van der Waals surface area contributed by atoms with Crippen LogP contribution >= 0.6 is 0 Å². The molecule has 0 radical (unpaired) electrons. The van der Waals surface area contributed by atoms with E-state index in [1.165, 1.54) is 19.3 Å². The monoisotopic (exact) mass is 388 g/mol. The highest BCUT2D eigenvalue weighted by atomic mass is 16.6. The zero-order valence-corrected chi connectivity index (χ0v) is 17.2. The molecule has 1 aromatic rings. The summed E-state index contributed by atoms with van der Waals surface area (Å²) in [4.78, 5) is 27.1. The molecule has 1 saturated carbocycles. The Labute approximate surface area is 167 Å². The van der Waals surface area contributed by atoms with Gasteiger partial charge in [0.2, 0.25) is 0 Å². The first-order valence-corrected chi connectivity index (χ1v) is 10.3. The van der Waals surface area contributed by atoms with Gasteiger partial charge in [-0.2, -0.15) is 0 Å². The molecule has 1 aromatic carbocycles. The molecule has 1 N–H and O–H groups in total. The van der Waals surface area contributed by atoms with E-state index in [9.17, 15) is 9.59 Å². The van der Waals surface area contributed by atoms with Gasteiger partial charge in [0.05, 0.1) is 0 Å². The molecule has 2 fully saturated rings. The lowest BCUT2D eigenvalue weighted by Crippen LogP contribution is -2.59. The largest absolute Gasteiger partial charge is 0.477 e. The second-order valence-electron chi connectivity index (χ2n) is 8.88. The topological polar surface area (TPSA) is 67.9 Å². The van der Waals surface area contributed by atoms with Crippen molar-refractivity contribution in [3.8, 4) is 5.75 Å². The summed E-state index contributed by atoms with van der Waals surface area (Å²) in [5.74, 6) is 1.18. The molecule has 1 aliphatic carbocycles. The third-order valence-corrected chi connectivity index (χ3v) is 5.47. The Morgan fingerprint density at radius 3 is 2.32 bits per heavy atom. The fourth-order valence-electron chi connectivity index (χ4n) is 3.56. The second-order valence-corrected chi connectivity index (χ2v) is 8.88. The highest BCUT2D eigenvalue weighted by molar-refractivity contribution is 5.86. The molecule has 0 unspecified atom stereocenters. The van der Waals surface area contributed by atoms with Crippen molar-refractivity contribution < 1.29 is 19.1 Å². The number of carbonyl (C=O) groups excluding carboxylic acids is 2. The standard InChI is InChI=1S/C22H32N2O4/c1-21(2,3)28-20(26)24-14-12-22(13-15-24,27-18-10-5-4-6-11-18)19(25)23-16-17-8-7-9-17/h4-6,10-11,17H,7-9,12-16H2,1-3H3,(H,23,25). The number of rotatable bonds is 5. The molecule has 1 heterocycles. The van der Waals surface area contributed by atoms with Crippen LogP contribution in [0.25, 0.3) is 0 Å². The van der Waals surface area contributed by atoms with E-state index >= 15 is 0 Å². The zero-order chi connectivity index (χ0) is 20.2. The molecule has 6 heteroatoms. The summed E-state index contributed by atoms with van der Waals surface area (Å²) in [6, 6.07) is 9.43. The van der Waals surface area contributed by atoms with E-state index in [2.05, 4.69) is 5.32 Å². The van der Waals surface area contributed by atoms with Gasteiger partial charge in [-0.25, -0.2) is 4.79 Å². The Morgan fingerprint density at radius 2 is 1.79 bits per heavy atom. The first kappa shape index (κ1) is 20.5. The normalized spacial score (nSPS) is 19.5. The Morgan fingerprint density at radius 1 is 1.14 bits per heavy atom. The number of amides is 2. The summed E-state index contributed by atoms with van der Waals surface area (Å²) < 4.78 is 11.7. The molecular weight excluding hydrogens is 356 g/mol. The number of nitrogens with zero attached hydrogens (tertiary/aromatic N) is 1. The number of hydrogen-bond donors (Lipinski definition) is 1. The van der Waals surface area contributed by atoms with Crippen LogP contribution in [0.5, 0.6) is 5.75 Å². The number of likely N-dealkylation sites (tertiary alicyclic amines) is 1. The number of benzene rings is 1. The van der Waals surface area contributed by atoms with E-state index < -0.39 is 11.2 Å². The van der Waals surface area contributed by atoms with Gasteiger partial charge in [-0.15, -0.1) is 0 Å². The third-order valence-electron chi connectivity index (χ3n) is 5.47. The van der Waals surface area contributed by atoms with Crippen LogP contribution in [0.4, 0.5) is 4.79 Å². The molecule has 0 bridgehead atoms. The average Bonchev–Trinajstić information content (AvgIpc) is 2.60. The number of hydrogen-bond acceptors (Lipinski definition) is 4. The lowest BCUT2D eigenvalue weighted by molar-refractivity contribution is -0.141. The van der Waals surface area contributed by atoms with Crippen LogP contribution in [0, 0.1) is 5.92 Å². The van der Waals surface area contributed by atoms with Gasteiger partial charge < -0.3 is 19.7 Å². The van der Waals surface area contributed by atoms with E-state index in [0.717, 1.165) is 0 Å². The van der Waals surface area contributed by atoms with Crippen molar-refractivity contribution in [1.29, 1.82) is 0 Å². The molecule has 1 saturated heterocycles. The molecule has 2 amide bonds. The number of ether oxygens (including phenoxy) is 2. The fourth-order valence-corrected chi connectivity index (χ4v) is 3.56. The molecule has 0 aromatic heterocycles. The smallest absolute Gasteiger partial charge is 0.410 e. The summed E-state index contributed by atoms with van der Waals surface area (Å²) in [7, 11) is 0. The van der Waals surface area contributed by atoms with Crippen LogP contribution in [-0.4, -0.2) is 47.7 Å². The molecule has 0 atom stereocenters. The second kappa shape index (κ2) is 8.41. The molecular formula is C22H32N2O4. The maximum Gasteiger partial charge on any atom is 0.410 e. The molecule has 28 heavy (non-hydrogen) atoms. The molecule has 1 aliphatic heterocycles. The van der Waals surface area contributed by atoms with Gasteiger partial charge >= 0.3 is 6.09 Å². The minimum absolute atomic E-state index is 0.0768. The zero-order valence-electron chi connectivity index (χ0n) is 17.2. The summed E-state index contributed by atoms with van der Waals surface area (Å²) in [6.45, 7) is 7.12. The lowest BCUT2D eigenvalue weighted by atomic mass is 9.84. The average molecular weight is 389 g/mol. The van der Waals surface area contributed by atoms with E-state index in [1.54, 1.807) is 4.90 Å². The Bertz CT molecular complexity index is 672. The van der Waals surface area contributed by atoms with Gasteiger partial charge in [0.25, 0.3) is 5.91 Å².